The van der Waals surface area contributed by atoms with Gasteiger partial charge in [-0.25, -0.2) is 9.18 Å². The smallest absolute Gasteiger partial charge is 0.335 e. The molecule has 1 heterocycles. The third-order valence-corrected chi connectivity index (χ3v) is 4.44. The second kappa shape index (κ2) is 6.04. The van der Waals surface area contributed by atoms with Crippen molar-refractivity contribution in [1.29, 1.82) is 0 Å². The number of hydrogen-bond acceptors (Lipinski definition) is 3. The summed E-state index contributed by atoms with van der Waals surface area (Å²) >= 11 is 0. The Morgan fingerprint density at radius 2 is 2.05 bits per heavy atom. The van der Waals surface area contributed by atoms with Gasteiger partial charge in [-0.1, -0.05) is 12.8 Å². The molecule has 0 spiro atoms. The Morgan fingerprint density at radius 3 is 2.77 bits per heavy atom. The lowest BCUT2D eigenvalue weighted by Crippen LogP contribution is -2.55. The number of amides is 1. The number of fused-ring (bicyclic) bond motifs is 1. The van der Waals surface area contributed by atoms with Crippen LogP contribution in [0.4, 0.5) is 4.39 Å². The van der Waals surface area contributed by atoms with Crippen molar-refractivity contribution in [2.24, 2.45) is 0 Å². The molecule has 2 atom stereocenters. The van der Waals surface area contributed by atoms with Gasteiger partial charge in [0.1, 0.15) is 5.82 Å². The maximum absolute atomic E-state index is 14.1. The van der Waals surface area contributed by atoms with E-state index in [-0.39, 0.29) is 29.2 Å². The summed E-state index contributed by atoms with van der Waals surface area (Å²) in [6.45, 7) is 0.905. The minimum atomic E-state index is -1.21. The topological polar surface area (TPSA) is 66.8 Å². The minimum Gasteiger partial charge on any atom is -0.478 e. The fourth-order valence-corrected chi connectivity index (χ4v) is 3.32. The molecule has 1 aromatic rings. The van der Waals surface area contributed by atoms with Gasteiger partial charge in [-0.05, 0) is 31.0 Å². The Morgan fingerprint density at radius 1 is 1.27 bits per heavy atom. The molecule has 1 saturated heterocycles. The number of benzene rings is 1. The van der Waals surface area contributed by atoms with Crippen molar-refractivity contribution in [3.63, 3.8) is 0 Å². The first-order valence-corrected chi connectivity index (χ1v) is 7.53. The molecule has 2 aliphatic rings. The minimum absolute atomic E-state index is 0.00597. The Kier molecular flexibility index (Phi) is 4.11. The summed E-state index contributed by atoms with van der Waals surface area (Å²) in [6.07, 6.45) is 3.95. The molecule has 0 radical (unpaired) electrons. The Hall–Kier alpha value is -1.95. The van der Waals surface area contributed by atoms with Crippen molar-refractivity contribution < 1.29 is 23.8 Å². The molecule has 2 unspecified atom stereocenters. The molecule has 5 nitrogen and oxygen atoms in total. The number of morpholine rings is 1. The lowest BCUT2D eigenvalue weighted by Gasteiger charge is -2.43. The van der Waals surface area contributed by atoms with Crippen LogP contribution >= 0.6 is 0 Å². The first-order chi connectivity index (χ1) is 10.6. The number of rotatable bonds is 2. The van der Waals surface area contributed by atoms with Gasteiger partial charge in [0, 0.05) is 6.54 Å². The number of carbonyl (C=O) groups is 2. The molecule has 1 aliphatic heterocycles. The molecule has 3 rings (SSSR count). The van der Waals surface area contributed by atoms with Gasteiger partial charge in [-0.3, -0.25) is 4.79 Å². The van der Waals surface area contributed by atoms with Crippen LogP contribution in [0.15, 0.2) is 18.2 Å². The highest BCUT2D eigenvalue weighted by atomic mass is 19.1. The molecule has 0 bridgehead atoms. The maximum atomic E-state index is 14.1. The third-order valence-electron chi connectivity index (χ3n) is 4.44. The van der Waals surface area contributed by atoms with Crippen molar-refractivity contribution in [3.05, 3.63) is 35.1 Å². The average Bonchev–Trinajstić information content (AvgIpc) is 2.53. The number of hydrogen-bond donors (Lipinski definition) is 1. The highest BCUT2D eigenvalue weighted by molar-refractivity contribution is 5.96. The lowest BCUT2D eigenvalue weighted by atomic mass is 9.89. The first-order valence-electron chi connectivity index (χ1n) is 7.53. The van der Waals surface area contributed by atoms with Crippen molar-refractivity contribution in [2.75, 3.05) is 13.2 Å². The van der Waals surface area contributed by atoms with E-state index in [2.05, 4.69) is 0 Å². The van der Waals surface area contributed by atoms with Crippen molar-refractivity contribution >= 4 is 11.9 Å². The number of aromatic carboxylic acids is 1. The normalized spacial score (nSPS) is 24.7. The van der Waals surface area contributed by atoms with Crippen LogP contribution in [0, 0.1) is 5.82 Å². The average molecular weight is 307 g/mol. The van der Waals surface area contributed by atoms with Crippen molar-refractivity contribution in [1.82, 2.24) is 4.90 Å². The van der Waals surface area contributed by atoms with Gasteiger partial charge in [0.2, 0.25) is 0 Å². The summed E-state index contributed by atoms with van der Waals surface area (Å²) in [5.74, 6) is -2.38. The molecule has 22 heavy (non-hydrogen) atoms. The molecule has 1 N–H and O–H groups in total. The highest BCUT2D eigenvalue weighted by Crippen LogP contribution is 2.29. The van der Waals surface area contributed by atoms with E-state index in [1.165, 1.54) is 12.1 Å². The summed E-state index contributed by atoms with van der Waals surface area (Å²) in [4.78, 5) is 25.2. The van der Waals surface area contributed by atoms with E-state index >= 15 is 0 Å². The van der Waals surface area contributed by atoms with Gasteiger partial charge < -0.3 is 14.7 Å². The lowest BCUT2D eigenvalue weighted by molar-refractivity contribution is -0.0753. The zero-order chi connectivity index (χ0) is 15.7. The SMILES string of the molecule is O=C(O)c1ccc(C(=O)N2CCOC3CCCCC32)c(F)c1. The van der Waals surface area contributed by atoms with Crippen LogP contribution < -0.4 is 0 Å². The van der Waals surface area contributed by atoms with E-state index in [0.29, 0.717) is 13.2 Å². The second-order valence-electron chi connectivity index (χ2n) is 5.76. The summed E-state index contributed by atoms with van der Waals surface area (Å²) < 4.78 is 19.8. The molecule has 1 amide bonds. The van der Waals surface area contributed by atoms with E-state index in [4.69, 9.17) is 9.84 Å². The fourth-order valence-electron chi connectivity index (χ4n) is 3.32. The summed E-state index contributed by atoms with van der Waals surface area (Å²) in [5.41, 5.74) is -0.234. The van der Waals surface area contributed by atoms with Gasteiger partial charge >= 0.3 is 5.97 Å². The van der Waals surface area contributed by atoms with E-state index in [1.54, 1.807) is 4.90 Å². The van der Waals surface area contributed by atoms with E-state index in [9.17, 15) is 14.0 Å². The predicted octanol–water partition coefficient (Wildman–Crippen LogP) is 2.31. The summed E-state index contributed by atoms with van der Waals surface area (Å²) in [7, 11) is 0. The van der Waals surface area contributed by atoms with Gasteiger partial charge in [0.25, 0.3) is 5.91 Å². The van der Waals surface area contributed by atoms with Gasteiger partial charge in [-0.15, -0.1) is 0 Å². The van der Waals surface area contributed by atoms with Gasteiger partial charge in [-0.2, -0.15) is 0 Å². The fraction of sp³-hybridized carbons (Fsp3) is 0.500. The van der Waals surface area contributed by atoms with Crippen LogP contribution in [0.1, 0.15) is 46.4 Å². The van der Waals surface area contributed by atoms with Crippen molar-refractivity contribution in [2.45, 2.75) is 37.8 Å². The molecular formula is C16H18FNO4. The third kappa shape index (κ3) is 2.70. The molecule has 0 aromatic heterocycles. The predicted molar refractivity (Wildman–Crippen MR) is 76.4 cm³/mol. The van der Waals surface area contributed by atoms with Gasteiger partial charge in [0.05, 0.1) is 29.9 Å². The van der Waals surface area contributed by atoms with Crippen LogP contribution in [0.5, 0.6) is 0 Å². The van der Waals surface area contributed by atoms with Crippen molar-refractivity contribution in [3.8, 4) is 0 Å². The molecule has 1 aromatic carbocycles. The van der Waals surface area contributed by atoms with Gasteiger partial charge in [0.15, 0.2) is 0 Å². The van der Waals surface area contributed by atoms with Crippen LogP contribution in [0.2, 0.25) is 0 Å². The molecule has 118 valence electrons. The number of carboxylic acids is 1. The zero-order valence-electron chi connectivity index (χ0n) is 12.1. The maximum Gasteiger partial charge on any atom is 0.335 e. The highest BCUT2D eigenvalue weighted by Gasteiger charge is 2.37. The number of ether oxygens (including phenoxy) is 1. The largest absolute Gasteiger partial charge is 0.478 e. The number of nitrogens with zero attached hydrogens (tertiary/aromatic N) is 1. The van der Waals surface area contributed by atoms with Crippen LogP contribution in [0.25, 0.3) is 0 Å². The van der Waals surface area contributed by atoms with E-state index in [0.717, 1.165) is 31.7 Å². The van der Waals surface area contributed by atoms with E-state index < -0.39 is 11.8 Å². The van der Waals surface area contributed by atoms with Crippen LogP contribution in [0.3, 0.4) is 0 Å². The zero-order valence-corrected chi connectivity index (χ0v) is 12.1. The summed E-state index contributed by atoms with van der Waals surface area (Å²) in [6, 6.07) is 3.41. The number of halogens is 1. The monoisotopic (exact) mass is 307 g/mol. The Bertz CT molecular complexity index is 602. The first kappa shape index (κ1) is 15.0. The van der Waals surface area contributed by atoms with E-state index in [1.807, 2.05) is 0 Å². The molecule has 2 fully saturated rings. The summed E-state index contributed by atoms with van der Waals surface area (Å²) in [5, 5.41) is 8.86. The second-order valence-corrected chi connectivity index (χ2v) is 5.76. The van der Waals surface area contributed by atoms with Crippen LogP contribution in [-0.2, 0) is 4.74 Å². The Labute approximate surface area is 127 Å². The molecule has 1 aliphatic carbocycles. The number of carbonyl (C=O) groups excluding carboxylic acids is 1. The molecule has 6 heteroatoms. The van der Waals surface area contributed by atoms with Crippen LogP contribution in [-0.4, -0.2) is 47.2 Å². The standard InChI is InChI=1S/C16H18FNO4/c17-12-9-10(16(20)21)5-6-11(12)15(19)18-7-8-22-14-4-2-1-3-13(14)18/h5-6,9,13-14H,1-4,7-8H2,(H,20,21). The molecule has 1 saturated carbocycles. The quantitative estimate of drug-likeness (QED) is 0.910. The molecular weight excluding hydrogens is 289 g/mol. The number of carboxylic acid groups (broad SMARTS) is 1. The Balaban J connectivity index is 1.85.